The fraction of sp³-hybridized carbons (Fsp3) is 0.333. The van der Waals surface area contributed by atoms with Crippen LogP contribution < -0.4 is 5.32 Å². The van der Waals surface area contributed by atoms with Gasteiger partial charge in [-0.2, -0.15) is 0 Å². The Kier molecular flexibility index (Phi) is 3.55. The number of amides is 1. The van der Waals surface area contributed by atoms with E-state index in [9.17, 15) is 14.7 Å². The van der Waals surface area contributed by atoms with Gasteiger partial charge in [-0.25, -0.2) is 4.79 Å². The van der Waals surface area contributed by atoms with Gasteiger partial charge in [0.2, 0.25) is 5.91 Å². The Hall–Kier alpha value is -2.08. The van der Waals surface area contributed by atoms with Crippen LogP contribution in [0.4, 0.5) is 5.69 Å². The van der Waals surface area contributed by atoms with Gasteiger partial charge in [-0.05, 0) is 43.2 Å². The van der Waals surface area contributed by atoms with Crippen LogP contribution in [0.5, 0.6) is 0 Å². The van der Waals surface area contributed by atoms with E-state index >= 15 is 0 Å². The summed E-state index contributed by atoms with van der Waals surface area (Å²) in [7, 11) is 0. The molecule has 0 aromatic carbocycles. The SMILES string of the molecule is Cc1[nH]cc(NC(=O)C2CCCc3sccc32)c1C(=O)O. The summed E-state index contributed by atoms with van der Waals surface area (Å²) >= 11 is 1.68. The zero-order valence-electron chi connectivity index (χ0n) is 11.6. The van der Waals surface area contributed by atoms with Crippen LogP contribution in [0.15, 0.2) is 17.6 Å². The number of aromatic carboxylic acids is 1. The first kappa shape index (κ1) is 13.9. The number of aryl methyl sites for hydroxylation is 2. The van der Waals surface area contributed by atoms with Crippen LogP contribution in [-0.4, -0.2) is 22.0 Å². The Morgan fingerprint density at radius 3 is 3.05 bits per heavy atom. The van der Waals surface area contributed by atoms with Crippen LogP contribution >= 0.6 is 11.3 Å². The first-order valence-electron chi connectivity index (χ1n) is 6.86. The van der Waals surface area contributed by atoms with Crippen molar-refractivity contribution in [2.45, 2.75) is 32.1 Å². The molecule has 0 radical (unpaired) electrons. The number of carbonyl (C=O) groups excluding carboxylic acids is 1. The van der Waals surface area contributed by atoms with E-state index in [1.165, 1.54) is 11.1 Å². The predicted octanol–water partition coefficient (Wildman–Crippen LogP) is 3.14. The number of aromatic nitrogens is 1. The van der Waals surface area contributed by atoms with E-state index in [1.54, 1.807) is 18.3 Å². The van der Waals surface area contributed by atoms with Gasteiger partial charge in [-0.15, -0.1) is 11.3 Å². The zero-order valence-corrected chi connectivity index (χ0v) is 12.4. The number of anilines is 1. The van der Waals surface area contributed by atoms with E-state index in [0.29, 0.717) is 11.4 Å². The summed E-state index contributed by atoms with van der Waals surface area (Å²) in [6.45, 7) is 1.68. The molecule has 1 unspecified atom stereocenters. The summed E-state index contributed by atoms with van der Waals surface area (Å²) in [5, 5.41) is 14.0. The highest BCUT2D eigenvalue weighted by Gasteiger charge is 2.28. The van der Waals surface area contributed by atoms with E-state index < -0.39 is 5.97 Å². The molecule has 0 spiro atoms. The highest BCUT2D eigenvalue weighted by molar-refractivity contribution is 7.10. The lowest BCUT2D eigenvalue weighted by atomic mass is 9.87. The number of fused-ring (bicyclic) bond motifs is 1. The fourth-order valence-corrected chi connectivity index (χ4v) is 3.87. The topological polar surface area (TPSA) is 82.2 Å². The van der Waals surface area contributed by atoms with Gasteiger partial charge in [0, 0.05) is 16.8 Å². The normalized spacial score (nSPS) is 17.3. The third-order valence-electron chi connectivity index (χ3n) is 3.92. The minimum Gasteiger partial charge on any atom is -0.478 e. The zero-order chi connectivity index (χ0) is 15.0. The first-order chi connectivity index (χ1) is 10.1. The monoisotopic (exact) mass is 304 g/mol. The number of aromatic amines is 1. The molecule has 0 bridgehead atoms. The maximum Gasteiger partial charge on any atom is 0.339 e. The Balaban J connectivity index is 1.84. The number of H-pyrrole nitrogens is 1. The molecule has 3 rings (SSSR count). The van der Waals surface area contributed by atoms with Crippen LogP contribution in [0, 0.1) is 6.92 Å². The summed E-state index contributed by atoms with van der Waals surface area (Å²) in [4.78, 5) is 27.9. The van der Waals surface area contributed by atoms with Gasteiger partial charge in [0.15, 0.2) is 0 Å². The quantitative estimate of drug-likeness (QED) is 0.814. The van der Waals surface area contributed by atoms with Crippen molar-refractivity contribution in [3.63, 3.8) is 0 Å². The molecule has 2 heterocycles. The third-order valence-corrected chi connectivity index (χ3v) is 4.91. The molecule has 1 atom stereocenters. The fourth-order valence-electron chi connectivity index (χ4n) is 2.88. The second kappa shape index (κ2) is 5.37. The number of thiophene rings is 1. The molecule has 21 heavy (non-hydrogen) atoms. The summed E-state index contributed by atoms with van der Waals surface area (Å²) in [5.74, 6) is -1.35. The molecular weight excluding hydrogens is 288 g/mol. The van der Waals surface area contributed by atoms with Crippen molar-refractivity contribution in [1.82, 2.24) is 4.98 Å². The lowest BCUT2D eigenvalue weighted by Gasteiger charge is -2.21. The predicted molar refractivity (Wildman–Crippen MR) is 81.1 cm³/mol. The Morgan fingerprint density at radius 2 is 2.29 bits per heavy atom. The number of carbonyl (C=O) groups is 2. The number of hydrogen-bond acceptors (Lipinski definition) is 3. The number of hydrogen-bond donors (Lipinski definition) is 3. The molecule has 1 aliphatic rings. The summed E-state index contributed by atoms with van der Waals surface area (Å²) in [6.07, 6.45) is 4.36. The Labute approximate surface area is 126 Å². The molecule has 0 saturated carbocycles. The summed E-state index contributed by atoms with van der Waals surface area (Å²) < 4.78 is 0. The van der Waals surface area contributed by atoms with Crippen molar-refractivity contribution < 1.29 is 14.7 Å². The molecular formula is C15H16N2O3S. The van der Waals surface area contributed by atoms with Crippen LogP contribution in [-0.2, 0) is 11.2 Å². The van der Waals surface area contributed by atoms with E-state index in [-0.39, 0.29) is 17.4 Å². The van der Waals surface area contributed by atoms with Crippen molar-refractivity contribution in [2.24, 2.45) is 0 Å². The molecule has 3 N–H and O–H groups in total. The highest BCUT2D eigenvalue weighted by atomic mass is 32.1. The molecule has 1 aliphatic carbocycles. The lowest BCUT2D eigenvalue weighted by molar-refractivity contribution is -0.117. The van der Waals surface area contributed by atoms with E-state index in [1.807, 2.05) is 11.4 Å². The van der Waals surface area contributed by atoms with E-state index in [0.717, 1.165) is 24.8 Å². The van der Waals surface area contributed by atoms with Crippen molar-refractivity contribution in [3.8, 4) is 0 Å². The number of carboxylic acid groups (broad SMARTS) is 1. The molecule has 0 aliphatic heterocycles. The molecule has 0 fully saturated rings. The van der Waals surface area contributed by atoms with Gasteiger partial charge in [-0.1, -0.05) is 0 Å². The maximum absolute atomic E-state index is 12.5. The second-order valence-corrected chi connectivity index (χ2v) is 6.24. The number of carboxylic acids is 1. The minimum absolute atomic E-state index is 0.129. The first-order valence-corrected chi connectivity index (χ1v) is 7.74. The Morgan fingerprint density at radius 1 is 1.48 bits per heavy atom. The van der Waals surface area contributed by atoms with Crippen molar-refractivity contribution in [1.29, 1.82) is 0 Å². The maximum atomic E-state index is 12.5. The van der Waals surface area contributed by atoms with Crippen molar-refractivity contribution in [2.75, 3.05) is 5.32 Å². The number of rotatable bonds is 3. The van der Waals surface area contributed by atoms with Gasteiger partial charge < -0.3 is 15.4 Å². The third kappa shape index (κ3) is 2.47. The van der Waals surface area contributed by atoms with Gasteiger partial charge in [0.05, 0.1) is 11.6 Å². The van der Waals surface area contributed by atoms with Crippen LogP contribution in [0.25, 0.3) is 0 Å². The average Bonchev–Trinajstić information content (AvgIpc) is 3.04. The molecule has 0 saturated heterocycles. The molecule has 2 aromatic heterocycles. The largest absolute Gasteiger partial charge is 0.478 e. The lowest BCUT2D eigenvalue weighted by Crippen LogP contribution is -2.24. The van der Waals surface area contributed by atoms with Gasteiger partial charge in [-0.3, -0.25) is 4.79 Å². The van der Waals surface area contributed by atoms with Crippen molar-refractivity contribution in [3.05, 3.63) is 39.3 Å². The van der Waals surface area contributed by atoms with Crippen molar-refractivity contribution >= 4 is 28.9 Å². The van der Waals surface area contributed by atoms with Crippen LogP contribution in [0.2, 0.25) is 0 Å². The van der Waals surface area contributed by atoms with Crippen LogP contribution in [0.1, 0.15) is 45.3 Å². The minimum atomic E-state index is -1.04. The standard InChI is InChI=1S/C15H16N2O3S/c1-8-13(15(19)20)11(7-16-8)17-14(18)10-3-2-4-12-9(10)5-6-21-12/h5-7,10,16H,2-4H2,1H3,(H,17,18)(H,19,20). The summed E-state index contributed by atoms with van der Waals surface area (Å²) in [5.41, 5.74) is 2.10. The number of nitrogens with one attached hydrogen (secondary N) is 2. The highest BCUT2D eigenvalue weighted by Crippen LogP contribution is 2.36. The van der Waals surface area contributed by atoms with Crippen LogP contribution in [0.3, 0.4) is 0 Å². The smallest absolute Gasteiger partial charge is 0.339 e. The summed E-state index contributed by atoms with van der Waals surface area (Å²) in [6, 6.07) is 2.00. The second-order valence-electron chi connectivity index (χ2n) is 5.24. The molecule has 5 nitrogen and oxygen atoms in total. The molecule has 6 heteroatoms. The van der Waals surface area contributed by atoms with Gasteiger partial charge in [0.25, 0.3) is 0 Å². The van der Waals surface area contributed by atoms with E-state index in [4.69, 9.17) is 0 Å². The molecule has 110 valence electrons. The molecule has 2 aromatic rings. The van der Waals surface area contributed by atoms with E-state index in [2.05, 4.69) is 10.3 Å². The van der Waals surface area contributed by atoms with Gasteiger partial charge in [0.1, 0.15) is 5.56 Å². The molecule has 1 amide bonds. The average molecular weight is 304 g/mol. The Bertz CT molecular complexity index is 702. The van der Waals surface area contributed by atoms with Gasteiger partial charge >= 0.3 is 5.97 Å².